The first-order valence-electron chi connectivity index (χ1n) is 28.7. The third-order valence-electron chi connectivity index (χ3n) is 13.2. The highest BCUT2D eigenvalue weighted by Crippen LogP contribution is 2.18. The van der Waals surface area contributed by atoms with Crippen LogP contribution in [-0.4, -0.2) is 37.2 Å². The van der Waals surface area contributed by atoms with Gasteiger partial charge in [-0.2, -0.15) is 0 Å². The fraction of sp³-hybridized carbons (Fsp3) is 0.948. The molecule has 0 fully saturated rings. The van der Waals surface area contributed by atoms with E-state index in [1.54, 1.807) is 0 Å². The molecule has 0 bridgehead atoms. The van der Waals surface area contributed by atoms with E-state index in [1.807, 2.05) is 0 Å². The number of rotatable bonds is 52. The first kappa shape index (κ1) is 62.4. The molecule has 0 aromatic heterocycles. The average molecular weight is 906 g/mol. The topological polar surface area (TPSA) is 78.9 Å². The zero-order valence-corrected chi connectivity index (χ0v) is 43.9. The molecule has 0 N–H and O–H groups in total. The molecule has 6 heteroatoms. The second-order valence-corrected chi connectivity index (χ2v) is 20.9. The summed E-state index contributed by atoms with van der Waals surface area (Å²) < 4.78 is 16.9. The van der Waals surface area contributed by atoms with Crippen LogP contribution in [0.5, 0.6) is 0 Å². The minimum atomic E-state index is -0.762. The van der Waals surface area contributed by atoms with Crippen LogP contribution in [0.25, 0.3) is 0 Å². The maximum absolute atomic E-state index is 12.8. The molecule has 0 aliphatic carbocycles. The van der Waals surface area contributed by atoms with Crippen LogP contribution in [0.2, 0.25) is 0 Å². The van der Waals surface area contributed by atoms with Gasteiger partial charge in [0.2, 0.25) is 0 Å². The Morgan fingerprint density at radius 3 is 0.766 bits per heavy atom. The van der Waals surface area contributed by atoms with Crippen molar-refractivity contribution in [3.8, 4) is 0 Å². The highest BCUT2D eigenvalue weighted by Gasteiger charge is 2.19. The molecule has 380 valence electrons. The largest absolute Gasteiger partial charge is 0.462 e. The van der Waals surface area contributed by atoms with Crippen molar-refractivity contribution in [1.29, 1.82) is 0 Å². The zero-order chi connectivity index (χ0) is 46.8. The number of carbonyl (C=O) groups excluding carboxylic acids is 3. The SMILES string of the molecule is CCCCCCCCCCCCCCCCC(=O)OC[C@H](COC(=O)CCCCCCCCCCC(C)C)OC(=O)CCCCCCCCCCCCCCCCCCCCC(C)C. The Labute approximate surface area is 399 Å². The summed E-state index contributed by atoms with van der Waals surface area (Å²) in [7, 11) is 0. The molecule has 0 unspecified atom stereocenters. The van der Waals surface area contributed by atoms with Gasteiger partial charge >= 0.3 is 17.9 Å². The Bertz CT molecular complexity index is 978. The summed E-state index contributed by atoms with van der Waals surface area (Å²) in [6, 6.07) is 0. The molecule has 0 saturated heterocycles. The van der Waals surface area contributed by atoms with E-state index in [4.69, 9.17) is 14.2 Å². The molecular formula is C58H112O6. The van der Waals surface area contributed by atoms with Crippen molar-refractivity contribution in [2.24, 2.45) is 11.8 Å². The molecule has 6 nitrogen and oxygen atoms in total. The van der Waals surface area contributed by atoms with E-state index in [0.29, 0.717) is 19.3 Å². The quantitative estimate of drug-likeness (QED) is 0.0344. The molecule has 0 rings (SSSR count). The maximum atomic E-state index is 12.8. The average Bonchev–Trinajstić information content (AvgIpc) is 3.27. The van der Waals surface area contributed by atoms with Crippen molar-refractivity contribution in [2.45, 2.75) is 330 Å². The van der Waals surface area contributed by atoms with Crippen molar-refractivity contribution in [3.05, 3.63) is 0 Å². The van der Waals surface area contributed by atoms with Crippen LogP contribution >= 0.6 is 0 Å². The fourth-order valence-electron chi connectivity index (χ4n) is 8.87. The Balaban J connectivity index is 4.24. The van der Waals surface area contributed by atoms with Gasteiger partial charge in [0.05, 0.1) is 0 Å². The molecule has 0 aromatic rings. The molecule has 0 saturated carbocycles. The third kappa shape index (κ3) is 51.4. The maximum Gasteiger partial charge on any atom is 0.306 e. The fourth-order valence-corrected chi connectivity index (χ4v) is 8.87. The summed E-state index contributed by atoms with van der Waals surface area (Å²) >= 11 is 0. The Hall–Kier alpha value is -1.59. The summed E-state index contributed by atoms with van der Waals surface area (Å²) in [5, 5.41) is 0. The number of esters is 3. The second kappa shape index (κ2) is 50.8. The van der Waals surface area contributed by atoms with Crippen molar-refractivity contribution in [2.75, 3.05) is 13.2 Å². The molecule has 0 aromatic carbocycles. The molecule has 64 heavy (non-hydrogen) atoms. The summed E-state index contributed by atoms with van der Waals surface area (Å²) in [5.41, 5.74) is 0. The minimum absolute atomic E-state index is 0.0631. The summed E-state index contributed by atoms with van der Waals surface area (Å²) in [6.07, 6.45) is 53.9. The molecule has 0 amide bonds. The van der Waals surface area contributed by atoms with Gasteiger partial charge in [0.25, 0.3) is 0 Å². The van der Waals surface area contributed by atoms with Gasteiger partial charge in [0, 0.05) is 19.3 Å². The van der Waals surface area contributed by atoms with Crippen LogP contribution in [-0.2, 0) is 28.6 Å². The highest BCUT2D eigenvalue weighted by molar-refractivity contribution is 5.71. The van der Waals surface area contributed by atoms with Gasteiger partial charge in [-0.15, -0.1) is 0 Å². The normalized spacial score (nSPS) is 12.0. The lowest BCUT2D eigenvalue weighted by atomic mass is 10.0. The van der Waals surface area contributed by atoms with E-state index in [-0.39, 0.29) is 31.1 Å². The van der Waals surface area contributed by atoms with E-state index >= 15 is 0 Å². The summed E-state index contributed by atoms with van der Waals surface area (Å²) in [6.45, 7) is 11.4. The molecule has 0 radical (unpaired) electrons. The summed E-state index contributed by atoms with van der Waals surface area (Å²) in [4.78, 5) is 38.1. The van der Waals surface area contributed by atoms with Crippen molar-refractivity contribution >= 4 is 17.9 Å². The van der Waals surface area contributed by atoms with Crippen LogP contribution in [0.1, 0.15) is 324 Å². The van der Waals surface area contributed by atoms with Crippen LogP contribution in [0.3, 0.4) is 0 Å². The van der Waals surface area contributed by atoms with Crippen molar-refractivity contribution in [3.63, 3.8) is 0 Å². The van der Waals surface area contributed by atoms with E-state index in [1.165, 1.54) is 212 Å². The van der Waals surface area contributed by atoms with E-state index in [0.717, 1.165) is 69.6 Å². The predicted octanol–water partition coefficient (Wildman–Crippen LogP) is 18.9. The molecule has 1 atom stereocenters. The number of ether oxygens (including phenoxy) is 3. The van der Waals surface area contributed by atoms with Gasteiger partial charge in [0.15, 0.2) is 6.10 Å². The van der Waals surface area contributed by atoms with Crippen LogP contribution in [0.4, 0.5) is 0 Å². The first-order chi connectivity index (χ1) is 31.2. The van der Waals surface area contributed by atoms with Crippen molar-refractivity contribution < 1.29 is 28.6 Å². The number of hydrogen-bond acceptors (Lipinski definition) is 6. The van der Waals surface area contributed by atoms with E-state index in [9.17, 15) is 14.4 Å². The Morgan fingerprint density at radius 2 is 0.516 bits per heavy atom. The lowest BCUT2D eigenvalue weighted by Gasteiger charge is -2.18. The number of hydrogen-bond donors (Lipinski definition) is 0. The Morgan fingerprint density at radius 1 is 0.297 bits per heavy atom. The Kier molecular flexibility index (Phi) is 49.6. The summed E-state index contributed by atoms with van der Waals surface area (Å²) in [5.74, 6) is 0.812. The van der Waals surface area contributed by atoms with E-state index < -0.39 is 6.10 Å². The molecule has 0 aliphatic rings. The van der Waals surface area contributed by atoms with Crippen LogP contribution in [0, 0.1) is 11.8 Å². The van der Waals surface area contributed by atoms with Crippen LogP contribution in [0.15, 0.2) is 0 Å². The first-order valence-corrected chi connectivity index (χ1v) is 28.7. The lowest BCUT2D eigenvalue weighted by Crippen LogP contribution is -2.30. The number of carbonyl (C=O) groups is 3. The van der Waals surface area contributed by atoms with Crippen molar-refractivity contribution in [1.82, 2.24) is 0 Å². The van der Waals surface area contributed by atoms with Gasteiger partial charge in [-0.25, -0.2) is 0 Å². The smallest absolute Gasteiger partial charge is 0.306 e. The van der Waals surface area contributed by atoms with Gasteiger partial charge in [-0.1, -0.05) is 285 Å². The van der Waals surface area contributed by atoms with Gasteiger partial charge < -0.3 is 14.2 Å². The molecule has 0 spiro atoms. The second-order valence-electron chi connectivity index (χ2n) is 20.9. The number of unbranched alkanes of at least 4 members (excludes halogenated alkanes) is 37. The lowest BCUT2D eigenvalue weighted by molar-refractivity contribution is -0.167. The monoisotopic (exact) mass is 905 g/mol. The predicted molar refractivity (Wildman–Crippen MR) is 275 cm³/mol. The van der Waals surface area contributed by atoms with E-state index in [2.05, 4.69) is 34.6 Å². The van der Waals surface area contributed by atoms with Crippen LogP contribution < -0.4 is 0 Å². The molecular weight excluding hydrogens is 793 g/mol. The third-order valence-corrected chi connectivity index (χ3v) is 13.2. The minimum Gasteiger partial charge on any atom is -0.462 e. The zero-order valence-electron chi connectivity index (χ0n) is 43.9. The standard InChI is InChI=1S/C58H112O6/c1-6-7-8-9-10-11-12-13-21-24-27-33-38-43-48-56(59)62-51-55(52-63-57(60)49-44-39-34-30-29-32-37-42-47-54(4)5)64-58(61)50-45-40-35-28-25-22-19-17-15-14-16-18-20-23-26-31-36-41-46-53(2)3/h53-55H,6-52H2,1-5H3/t55-/m1/s1. The highest BCUT2D eigenvalue weighted by atomic mass is 16.6. The van der Waals surface area contributed by atoms with Gasteiger partial charge in [0.1, 0.15) is 13.2 Å². The molecule has 0 heterocycles. The van der Waals surface area contributed by atoms with Gasteiger partial charge in [-0.05, 0) is 31.1 Å². The van der Waals surface area contributed by atoms with Gasteiger partial charge in [-0.3, -0.25) is 14.4 Å². The molecule has 0 aliphatic heterocycles.